The predicted molar refractivity (Wildman–Crippen MR) is 132 cm³/mol. The number of carbonyl (C=O) groups is 1. The Balaban J connectivity index is 1.37. The Kier molecular flexibility index (Phi) is 7.55. The molecule has 0 atom stereocenters. The molecule has 1 aromatic heterocycles. The summed E-state index contributed by atoms with van der Waals surface area (Å²) in [6.07, 6.45) is 7.69. The van der Waals surface area contributed by atoms with Crippen molar-refractivity contribution < 1.29 is 17.9 Å². The number of amides is 1. The van der Waals surface area contributed by atoms with Crippen LogP contribution in [0.5, 0.6) is 0 Å². The number of sulfone groups is 1. The van der Waals surface area contributed by atoms with E-state index < -0.39 is 9.84 Å². The van der Waals surface area contributed by atoms with Gasteiger partial charge in [0.05, 0.1) is 37.4 Å². The molecule has 0 radical (unpaired) electrons. The Bertz CT molecular complexity index is 1100. The number of carbonyl (C=O) groups excluding carboxylic acids is 1. The third-order valence-electron chi connectivity index (χ3n) is 7.39. The van der Waals surface area contributed by atoms with Crippen molar-refractivity contribution in [1.29, 1.82) is 0 Å². The van der Waals surface area contributed by atoms with Crippen molar-refractivity contribution in [3.05, 3.63) is 47.8 Å². The van der Waals surface area contributed by atoms with Crippen LogP contribution in [0, 0.1) is 5.92 Å². The number of hydrogen-bond donors (Lipinski definition) is 0. The van der Waals surface area contributed by atoms with Crippen molar-refractivity contribution in [3.63, 3.8) is 0 Å². The fraction of sp³-hybridized carbons (Fsp3) is 0.615. The van der Waals surface area contributed by atoms with Crippen LogP contribution < -0.4 is 0 Å². The average Bonchev–Trinajstić information content (AvgIpc) is 3.37. The Morgan fingerprint density at radius 2 is 1.77 bits per heavy atom. The fourth-order valence-electron chi connectivity index (χ4n) is 5.29. The van der Waals surface area contributed by atoms with E-state index in [4.69, 9.17) is 4.74 Å². The fourth-order valence-corrected chi connectivity index (χ4v) is 6.83. The van der Waals surface area contributed by atoms with Gasteiger partial charge in [-0.3, -0.25) is 9.69 Å². The van der Waals surface area contributed by atoms with Crippen LogP contribution in [0.2, 0.25) is 0 Å². The molecule has 1 amide bonds. The highest BCUT2D eigenvalue weighted by Crippen LogP contribution is 2.39. The first-order valence-corrected chi connectivity index (χ1v) is 14.6. The van der Waals surface area contributed by atoms with Crippen LogP contribution in [0.1, 0.15) is 55.8 Å². The molecule has 2 heterocycles. The Hall–Kier alpha value is -2.23. The summed E-state index contributed by atoms with van der Waals surface area (Å²) in [7, 11) is -3.60. The van der Waals surface area contributed by atoms with E-state index in [1.165, 1.54) is 0 Å². The quantitative estimate of drug-likeness (QED) is 0.499. The van der Waals surface area contributed by atoms with Gasteiger partial charge >= 0.3 is 0 Å². The maximum Gasteiger partial charge on any atom is 0.228 e. The smallest absolute Gasteiger partial charge is 0.228 e. The second kappa shape index (κ2) is 10.8. The van der Waals surface area contributed by atoms with E-state index in [9.17, 15) is 13.2 Å². The van der Waals surface area contributed by atoms with Crippen molar-refractivity contribution in [3.8, 4) is 0 Å². The molecule has 5 rings (SSSR count). The first-order chi connectivity index (χ1) is 17.0. The van der Waals surface area contributed by atoms with Gasteiger partial charge in [-0.2, -0.15) is 0 Å². The van der Waals surface area contributed by atoms with Crippen molar-refractivity contribution in [1.82, 2.24) is 19.4 Å². The monoisotopic (exact) mass is 500 g/mol. The van der Waals surface area contributed by atoms with Crippen LogP contribution in [-0.4, -0.2) is 73.1 Å². The number of aromatic nitrogens is 2. The summed E-state index contributed by atoms with van der Waals surface area (Å²) in [5.74, 6) is 0.213. The molecular weight excluding hydrogens is 464 g/mol. The number of rotatable bonds is 10. The predicted octanol–water partition coefficient (Wildman–Crippen LogP) is 3.04. The molecule has 35 heavy (non-hydrogen) atoms. The molecule has 3 fully saturated rings. The minimum absolute atomic E-state index is 0.0707. The van der Waals surface area contributed by atoms with Gasteiger partial charge in [0, 0.05) is 38.1 Å². The highest BCUT2D eigenvalue weighted by Gasteiger charge is 2.35. The van der Waals surface area contributed by atoms with Crippen molar-refractivity contribution in [2.45, 2.75) is 62.0 Å². The van der Waals surface area contributed by atoms with Gasteiger partial charge in [0.1, 0.15) is 0 Å². The van der Waals surface area contributed by atoms with Gasteiger partial charge in [-0.05, 0) is 31.2 Å². The van der Waals surface area contributed by atoms with E-state index >= 15 is 0 Å². The molecule has 0 N–H and O–H groups in total. The lowest BCUT2D eigenvalue weighted by molar-refractivity contribution is -0.136. The Morgan fingerprint density at radius 3 is 2.46 bits per heavy atom. The first-order valence-electron chi connectivity index (χ1n) is 12.9. The zero-order valence-electron chi connectivity index (χ0n) is 20.3. The topological polar surface area (TPSA) is 84.7 Å². The number of ether oxygens (including phenoxy) is 1. The number of nitrogens with zero attached hydrogens (tertiary/aromatic N) is 4. The average molecular weight is 501 g/mol. The van der Waals surface area contributed by atoms with Gasteiger partial charge in [0.25, 0.3) is 0 Å². The van der Waals surface area contributed by atoms with Crippen LogP contribution >= 0.6 is 0 Å². The van der Waals surface area contributed by atoms with Gasteiger partial charge < -0.3 is 14.2 Å². The zero-order chi connectivity index (χ0) is 24.3. The van der Waals surface area contributed by atoms with E-state index in [1.807, 2.05) is 39.8 Å². The molecule has 8 nitrogen and oxygen atoms in total. The molecule has 9 heteroatoms. The molecule has 2 saturated carbocycles. The van der Waals surface area contributed by atoms with Crippen LogP contribution in [-0.2, 0) is 31.7 Å². The lowest BCUT2D eigenvalue weighted by Gasteiger charge is -2.31. The van der Waals surface area contributed by atoms with Gasteiger partial charge in [-0.25, -0.2) is 13.4 Å². The van der Waals surface area contributed by atoms with Crippen LogP contribution in [0.4, 0.5) is 0 Å². The number of hydrogen-bond acceptors (Lipinski definition) is 6. The summed E-state index contributed by atoms with van der Waals surface area (Å²) in [5.41, 5.74) is 1.58. The molecule has 1 aromatic carbocycles. The number of morpholine rings is 1. The summed E-state index contributed by atoms with van der Waals surface area (Å²) in [6, 6.07) is 9.39. The van der Waals surface area contributed by atoms with E-state index in [-0.39, 0.29) is 28.8 Å². The molecule has 3 aliphatic rings. The highest BCUT2D eigenvalue weighted by atomic mass is 32.2. The normalized spacial score (nSPS) is 19.8. The molecular formula is C26H36N4O4S. The highest BCUT2D eigenvalue weighted by molar-refractivity contribution is 7.90. The molecule has 2 aliphatic carbocycles. The standard InChI is InChI=1S/C26H36N4O4S/c31-25(22-8-4-5-9-22)29(13-12-28-14-16-34-17-15-28)19-24-18-27-26(30(24)23-10-11-23)35(32,33)20-21-6-2-1-3-7-21/h1-3,6-7,18,22-23H,4-5,8-17,19-20H2. The summed E-state index contributed by atoms with van der Waals surface area (Å²) in [6.45, 7) is 5.07. The van der Waals surface area contributed by atoms with Crippen LogP contribution in [0.25, 0.3) is 0 Å². The van der Waals surface area contributed by atoms with Gasteiger partial charge in [0.15, 0.2) is 0 Å². The Labute approximate surface area is 208 Å². The van der Waals surface area contributed by atoms with Crippen LogP contribution in [0.15, 0.2) is 41.7 Å². The molecule has 1 aliphatic heterocycles. The second-order valence-corrected chi connectivity index (χ2v) is 12.0. The van der Waals surface area contributed by atoms with Crippen molar-refractivity contribution in [2.24, 2.45) is 5.92 Å². The minimum atomic E-state index is -3.60. The van der Waals surface area contributed by atoms with Crippen LogP contribution in [0.3, 0.4) is 0 Å². The van der Waals surface area contributed by atoms with E-state index in [0.717, 1.165) is 82.6 Å². The lowest BCUT2D eigenvalue weighted by Crippen LogP contribution is -2.44. The minimum Gasteiger partial charge on any atom is -0.379 e. The third kappa shape index (κ3) is 5.95. The van der Waals surface area contributed by atoms with Gasteiger partial charge in [0.2, 0.25) is 20.9 Å². The zero-order valence-corrected chi connectivity index (χ0v) is 21.2. The Morgan fingerprint density at radius 1 is 1.06 bits per heavy atom. The third-order valence-corrected chi connectivity index (χ3v) is 8.96. The lowest BCUT2D eigenvalue weighted by atomic mass is 10.1. The number of imidazole rings is 1. The van der Waals surface area contributed by atoms with Crippen molar-refractivity contribution in [2.75, 3.05) is 39.4 Å². The second-order valence-electron chi connectivity index (χ2n) is 10.1. The summed E-state index contributed by atoms with van der Waals surface area (Å²) in [4.78, 5) is 22.2. The van der Waals surface area contributed by atoms with Gasteiger partial charge in [-0.1, -0.05) is 43.2 Å². The van der Waals surface area contributed by atoms with E-state index in [1.54, 1.807) is 6.20 Å². The SMILES string of the molecule is O=C(C1CCCC1)N(CCN1CCOCC1)Cc1cnc(S(=O)(=O)Cc2ccccc2)n1C1CC1. The van der Waals surface area contributed by atoms with E-state index in [0.29, 0.717) is 13.1 Å². The summed E-state index contributed by atoms with van der Waals surface area (Å²) >= 11 is 0. The molecule has 0 bridgehead atoms. The summed E-state index contributed by atoms with van der Waals surface area (Å²) < 4.78 is 34.1. The van der Waals surface area contributed by atoms with Crippen molar-refractivity contribution >= 4 is 15.7 Å². The molecule has 0 spiro atoms. The maximum absolute atomic E-state index is 13.5. The molecule has 2 aromatic rings. The largest absolute Gasteiger partial charge is 0.379 e. The van der Waals surface area contributed by atoms with E-state index in [2.05, 4.69) is 9.88 Å². The molecule has 190 valence electrons. The molecule has 0 unspecified atom stereocenters. The maximum atomic E-state index is 13.5. The first kappa shape index (κ1) is 24.5. The molecule has 1 saturated heterocycles. The number of benzene rings is 1. The van der Waals surface area contributed by atoms with Gasteiger partial charge in [-0.15, -0.1) is 0 Å². The summed E-state index contributed by atoms with van der Waals surface area (Å²) in [5, 5.41) is 0.139.